The van der Waals surface area contributed by atoms with Crippen molar-refractivity contribution < 1.29 is 0 Å². The highest BCUT2D eigenvalue weighted by atomic mass is 15.4. The van der Waals surface area contributed by atoms with Crippen LogP contribution in [0.5, 0.6) is 0 Å². The second-order valence-corrected chi connectivity index (χ2v) is 3.51. The lowest BCUT2D eigenvalue weighted by Crippen LogP contribution is -2.58. The van der Waals surface area contributed by atoms with Crippen molar-refractivity contribution in [1.82, 2.24) is 5.01 Å². The molecule has 1 aliphatic heterocycles. The highest BCUT2D eigenvalue weighted by Gasteiger charge is 2.38. The Morgan fingerprint density at radius 3 is 2.30 bits per heavy atom. The molecule has 0 saturated carbocycles. The van der Waals surface area contributed by atoms with Crippen LogP contribution in [0.15, 0.2) is 0 Å². The summed E-state index contributed by atoms with van der Waals surface area (Å²) in [6.45, 7) is 6.73. The normalized spacial score (nSPS) is 24.3. The molecular formula is C8H18N2. The van der Waals surface area contributed by atoms with E-state index in [1.54, 1.807) is 0 Å². The lowest BCUT2D eigenvalue weighted by Gasteiger charge is -2.47. The van der Waals surface area contributed by atoms with Crippen LogP contribution in [-0.2, 0) is 0 Å². The molecule has 0 atom stereocenters. The van der Waals surface area contributed by atoms with Gasteiger partial charge in [0.1, 0.15) is 0 Å². The lowest BCUT2D eigenvalue weighted by atomic mass is 9.75. The van der Waals surface area contributed by atoms with Crippen molar-refractivity contribution in [3.05, 3.63) is 0 Å². The summed E-state index contributed by atoms with van der Waals surface area (Å²) in [6.07, 6.45) is 3.92. The Labute approximate surface area is 63.4 Å². The highest BCUT2D eigenvalue weighted by Crippen LogP contribution is 2.36. The molecule has 1 fully saturated rings. The average molecular weight is 142 g/mol. The Bertz CT molecular complexity index is 100. The zero-order chi connectivity index (χ0) is 7.61. The van der Waals surface area contributed by atoms with E-state index in [0.29, 0.717) is 5.41 Å². The van der Waals surface area contributed by atoms with Crippen LogP contribution in [0.2, 0.25) is 0 Å². The molecule has 1 saturated heterocycles. The Kier molecular flexibility index (Phi) is 2.32. The Morgan fingerprint density at radius 2 is 2.00 bits per heavy atom. The summed E-state index contributed by atoms with van der Waals surface area (Å²) in [6, 6.07) is 0. The van der Waals surface area contributed by atoms with E-state index in [9.17, 15) is 0 Å². The maximum Gasteiger partial charge on any atom is 0.0198 e. The molecule has 0 aromatic heterocycles. The third kappa shape index (κ3) is 1.32. The van der Waals surface area contributed by atoms with E-state index in [4.69, 9.17) is 5.84 Å². The minimum absolute atomic E-state index is 0.587. The van der Waals surface area contributed by atoms with Crippen LogP contribution in [0.1, 0.15) is 33.1 Å². The quantitative estimate of drug-likeness (QED) is 0.603. The summed E-state index contributed by atoms with van der Waals surface area (Å²) in [4.78, 5) is 0. The number of nitrogens with zero attached hydrogens (tertiary/aromatic N) is 1. The summed E-state index contributed by atoms with van der Waals surface area (Å²) in [5, 5.41) is 1.92. The van der Waals surface area contributed by atoms with Gasteiger partial charge in [-0.3, -0.25) is 5.84 Å². The van der Waals surface area contributed by atoms with E-state index >= 15 is 0 Å². The molecule has 60 valence electrons. The van der Waals surface area contributed by atoms with Gasteiger partial charge in [0.25, 0.3) is 0 Å². The molecule has 0 aromatic carbocycles. The standard InChI is InChI=1S/C8H18N2/c1-3-5-8(4-2)6-10(9)7-8/h3-7,9H2,1-2H3. The van der Waals surface area contributed by atoms with Gasteiger partial charge in [-0.15, -0.1) is 0 Å². The summed E-state index contributed by atoms with van der Waals surface area (Å²) in [5.74, 6) is 5.59. The van der Waals surface area contributed by atoms with Gasteiger partial charge in [0.05, 0.1) is 0 Å². The molecule has 2 N–H and O–H groups in total. The van der Waals surface area contributed by atoms with Crippen LogP contribution in [-0.4, -0.2) is 18.1 Å². The molecule has 0 radical (unpaired) electrons. The van der Waals surface area contributed by atoms with Gasteiger partial charge >= 0.3 is 0 Å². The van der Waals surface area contributed by atoms with Crippen molar-refractivity contribution in [3.8, 4) is 0 Å². The molecule has 0 aromatic rings. The molecule has 0 bridgehead atoms. The van der Waals surface area contributed by atoms with E-state index in [1.165, 1.54) is 19.3 Å². The Hall–Kier alpha value is -0.0800. The number of rotatable bonds is 3. The Morgan fingerprint density at radius 1 is 1.40 bits per heavy atom. The van der Waals surface area contributed by atoms with Crippen molar-refractivity contribution in [1.29, 1.82) is 0 Å². The van der Waals surface area contributed by atoms with E-state index in [1.807, 2.05) is 5.01 Å². The molecule has 2 nitrogen and oxygen atoms in total. The molecule has 0 unspecified atom stereocenters. The van der Waals surface area contributed by atoms with Gasteiger partial charge in [-0.1, -0.05) is 20.3 Å². The van der Waals surface area contributed by atoms with E-state index in [-0.39, 0.29) is 0 Å². The summed E-state index contributed by atoms with van der Waals surface area (Å²) in [5.41, 5.74) is 0.587. The maximum atomic E-state index is 5.59. The van der Waals surface area contributed by atoms with Gasteiger partial charge in [0.15, 0.2) is 0 Å². The van der Waals surface area contributed by atoms with E-state index in [2.05, 4.69) is 13.8 Å². The minimum Gasteiger partial charge on any atom is -0.269 e. The molecule has 0 spiro atoms. The van der Waals surface area contributed by atoms with Crippen LogP contribution in [0.3, 0.4) is 0 Å². The molecule has 0 amide bonds. The molecule has 10 heavy (non-hydrogen) atoms. The molecule has 1 aliphatic rings. The summed E-state index contributed by atoms with van der Waals surface area (Å²) in [7, 11) is 0. The molecule has 2 heteroatoms. The van der Waals surface area contributed by atoms with Crippen molar-refractivity contribution in [2.75, 3.05) is 13.1 Å². The van der Waals surface area contributed by atoms with Crippen molar-refractivity contribution in [2.24, 2.45) is 11.3 Å². The number of nitrogens with two attached hydrogens (primary N) is 1. The van der Waals surface area contributed by atoms with Crippen molar-refractivity contribution in [2.45, 2.75) is 33.1 Å². The van der Waals surface area contributed by atoms with Crippen LogP contribution in [0.4, 0.5) is 0 Å². The fraction of sp³-hybridized carbons (Fsp3) is 1.00. The first-order valence-electron chi connectivity index (χ1n) is 4.22. The monoisotopic (exact) mass is 142 g/mol. The second-order valence-electron chi connectivity index (χ2n) is 3.51. The molecular weight excluding hydrogens is 124 g/mol. The average Bonchev–Trinajstić information content (AvgIpc) is 1.84. The first kappa shape index (κ1) is 8.02. The molecule has 1 heterocycles. The van der Waals surface area contributed by atoms with Crippen LogP contribution in [0, 0.1) is 5.41 Å². The number of hydrazine groups is 1. The predicted molar refractivity (Wildman–Crippen MR) is 43.4 cm³/mol. The summed E-state index contributed by atoms with van der Waals surface area (Å²) >= 11 is 0. The van der Waals surface area contributed by atoms with Crippen molar-refractivity contribution >= 4 is 0 Å². The van der Waals surface area contributed by atoms with Gasteiger partial charge in [-0.2, -0.15) is 0 Å². The summed E-state index contributed by atoms with van der Waals surface area (Å²) < 4.78 is 0. The van der Waals surface area contributed by atoms with Gasteiger partial charge in [0.2, 0.25) is 0 Å². The van der Waals surface area contributed by atoms with Gasteiger partial charge in [-0.05, 0) is 18.3 Å². The fourth-order valence-electron chi connectivity index (χ4n) is 1.90. The zero-order valence-corrected chi connectivity index (χ0v) is 7.06. The fourth-order valence-corrected chi connectivity index (χ4v) is 1.90. The minimum atomic E-state index is 0.587. The second kappa shape index (κ2) is 2.89. The highest BCUT2D eigenvalue weighted by molar-refractivity contribution is 4.90. The molecule has 0 aliphatic carbocycles. The third-order valence-electron chi connectivity index (χ3n) is 2.61. The van der Waals surface area contributed by atoms with Crippen LogP contribution >= 0.6 is 0 Å². The molecule has 1 rings (SSSR count). The smallest absolute Gasteiger partial charge is 0.0198 e. The van der Waals surface area contributed by atoms with E-state index < -0.39 is 0 Å². The zero-order valence-electron chi connectivity index (χ0n) is 7.06. The first-order chi connectivity index (χ1) is 4.72. The van der Waals surface area contributed by atoms with Gasteiger partial charge in [-0.25, -0.2) is 5.01 Å². The third-order valence-corrected chi connectivity index (χ3v) is 2.61. The largest absolute Gasteiger partial charge is 0.269 e. The Balaban J connectivity index is 2.32. The van der Waals surface area contributed by atoms with Crippen LogP contribution < -0.4 is 5.84 Å². The number of hydrogen-bond donors (Lipinski definition) is 1. The van der Waals surface area contributed by atoms with Crippen molar-refractivity contribution in [3.63, 3.8) is 0 Å². The SMILES string of the molecule is CCCC1(CC)CN(N)C1. The van der Waals surface area contributed by atoms with E-state index in [0.717, 1.165) is 13.1 Å². The number of hydrogen-bond acceptors (Lipinski definition) is 2. The lowest BCUT2D eigenvalue weighted by molar-refractivity contribution is -0.0107. The topological polar surface area (TPSA) is 29.3 Å². The van der Waals surface area contributed by atoms with Gasteiger partial charge in [0, 0.05) is 13.1 Å². The predicted octanol–water partition coefficient (Wildman–Crippen LogP) is 1.37. The van der Waals surface area contributed by atoms with Gasteiger partial charge < -0.3 is 0 Å². The van der Waals surface area contributed by atoms with Crippen LogP contribution in [0.25, 0.3) is 0 Å². The first-order valence-corrected chi connectivity index (χ1v) is 4.22. The maximum absolute atomic E-state index is 5.59.